The highest BCUT2D eigenvalue weighted by Gasteiger charge is 2.09. The Morgan fingerprint density at radius 3 is 2.53 bits per heavy atom. The Morgan fingerprint density at radius 1 is 1.16 bits per heavy atom. The van der Waals surface area contributed by atoms with Crippen LogP contribution in [-0.2, 0) is 0 Å². The smallest absolute Gasteiger partial charge is 0.147 e. The van der Waals surface area contributed by atoms with Crippen molar-refractivity contribution in [2.45, 2.75) is 0 Å². The quantitative estimate of drug-likeness (QED) is 0.819. The molecule has 2 aromatic carbocycles. The van der Waals surface area contributed by atoms with E-state index < -0.39 is 5.82 Å². The number of thiocarbonyl (C=S) groups is 1. The molecule has 0 aliphatic heterocycles. The number of hydrogen-bond donors (Lipinski definition) is 2. The molecule has 0 aliphatic rings. The minimum Gasteiger partial charge on any atom is -0.389 e. The van der Waals surface area contributed by atoms with Crippen molar-refractivity contribution >= 4 is 51.8 Å². The second-order valence-corrected chi connectivity index (χ2v) is 5.01. The van der Waals surface area contributed by atoms with Crippen LogP contribution in [0, 0.1) is 5.82 Å². The number of nitrogens with two attached hydrogens (primary N) is 1. The second kappa shape index (κ2) is 5.74. The number of halogens is 3. The molecular weight excluding hydrogens is 306 g/mol. The lowest BCUT2D eigenvalue weighted by molar-refractivity contribution is 0.631. The maximum absolute atomic E-state index is 13.9. The monoisotopic (exact) mass is 314 g/mol. The molecule has 0 aromatic heterocycles. The molecule has 6 heteroatoms. The first-order chi connectivity index (χ1) is 8.99. The van der Waals surface area contributed by atoms with Gasteiger partial charge in [-0.1, -0.05) is 41.5 Å². The van der Waals surface area contributed by atoms with Crippen LogP contribution < -0.4 is 11.1 Å². The molecule has 0 saturated carbocycles. The third kappa shape index (κ3) is 3.15. The summed E-state index contributed by atoms with van der Waals surface area (Å²) in [6.45, 7) is 0. The fraction of sp³-hybridized carbons (Fsp3) is 0. The molecule has 0 heterocycles. The van der Waals surface area contributed by atoms with Gasteiger partial charge in [0.05, 0.1) is 21.4 Å². The summed E-state index contributed by atoms with van der Waals surface area (Å²) in [6.07, 6.45) is 0. The third-order valence-electron chi connectivity index (χ3n) is 2.47. The van der Waals surface area contributed by atoms with Crippen molar-refractivity contribution in [1.29, 1.82) is 0 Å². The highest BCUT2D eigenvalue weighted by Crippen LogP contribution is 2.32. The topological polar surface area (TPSA) is 38.0 Å². The Labute approximate surface area is 125 Å². The van der Waals surface area contributed by atoms with Crippen LogP contribution in [0.5, 0.6) is 0 Å². The molecule has 0 unspecified atom stereocenters. The zero-order chi connectivity index (χ0) is 14.0. The molecule has 98 valence electrons. The lowest BCUT2D eigenvalue weighted by Gasteiger charge is -2.11. The first-order valence-corrected chi connectivity index (χ1v) is 6.46. The predicted molar refractivity (Wildman–Crippen MR) is 82.0 cm³/mol. The number of rotatable bonds is 3. The third-order valence-corrected chi connectivity index (χ3v) is 3.53. The number of hydrogen-bond acceptors (Lipinski definition) is 2. The van der Waals surface area contributed by atoms with Gasteiger partial charge in [-0.15, -0.1) is 0 Å². The van der Waals surface area contributed by atoms with Crippen LogP contribution in [-0.4, -0.2) is 4.99 Å². The summed E-state index contributed by atoms with van der Waals surface area (Å²) < 4.78 is 13.9. The van der Waals surface area contributed by atoms with Crippen LogP contribution in [0.4, 0.5) is 15.8 Å². The SMILES string of the molecule is NC(=S)c1ccc(Nc2cccc(Cl)c2Cl)c(F)c1. The molecule has 0 saturated heterocycles. The molecule has 0 fully saturated rings. The van der Waals surface area contributed by atoms with Gasteiger partial charge in [0.25, 0.3) is 0 Å². The van der Waals surface area contributed by atoms with Crippen molar-refractivity contribution < 1.29 is 4.39 Å². The first-order valence-electron chi connectivity index (χ1n) is 5.29. The van der Waals surface area contributed by atoms with E-state index in [1.165, 1.54) is 6.07 Å². The van der Waals surface area contributed by atoms with E-state index in [1.807, 2.05) is 0 Å². The molecule has 0 amide bonds. The average Bonchev–Trinajstić information content (AvgIpc) is 2.37. The van der Waals surface area contributed by atoms with Gasteiger partial charge in [-0.25, -0.2) is 4.39 Å². The summed E-state index contributed by atoms with van der Waals surface area (Å²) in [4.78, 5) is 0.145. The zero-order valence-electron chi connectivity index (χ0n) is 9.58. The van der Waals surface area contributed by atoms with Crippen molar-refractivity contribution in [1.82, 2.24) is 0 Å². The summed E-state index contributed by atoms with van der Waals surface area (Å²) in [6, 6.07) is 9.52. The molecule has 0 spiro atoms. The van der Waals surface area contributed by atoms with E-state index in [4.69, 9.17) is 41.2 Å². The number of nitrogens with one attached hydrogen (secondary N) is 1. The molecule has 2 aromatic rings. The maximum atomic E-state index is 13.9. The summed E-state index contributed by atoms with van der Waals surface area (Å²) in [5.74, 6) is -0.471. The van der Waals surface area contributed by atoms with Gasteiger partial charge in [0.1, 0.15) is 10.8 Å². The van der Waals surface area contributed by atoms with E-state index in [0.717, 1.165) is 0 Å². The van der Waals surface area contributed by atoms with Gasteiger partial charge in [-0.3, -0.25) is 0 Å². The van der Waals surface area contributed by atoms with E-state index in [9.17, 15) is 4.39 Å². The average molecular weight is 315 g/mol. The second-order valence-electron chi connectivity index (χ2n) is 3.79. The molecule has 3 N–H and O–H groups in total. The number of anilines is 2. The highest BCUT2D eigenvalue weighted by atomic mass is 35.5. The van der Waals surface area contributed by atoms with Crippen LogP contribution in [0.25, 0.3) is 0 Å². The van der Waals surface area contributed by atoms with Crippen LogP contribution in [0.2, 0.25) is 10.0 Å². The lowest BCUT2D eigenvalue weighted by atomic mass is 10.2. The van der Waals surface area contributed by atoms with Gasteiger partial charge in [-0.05, 0) is 30.3 Å². The predicted octanol–water partition coefficient (Wildman–Crippen LogP) is 4.51. The van der Waals surface area contributed by atoms with Crippen LogP contribution in [0.3, 0.4) is 0 Å². The van der Waals surface area contributed by atoms with Crippen LogP contribution in [0.1, 0.15) is 5.56 Å². The normalized spacial score (nSPS) is 10.3. The fourth-order valence-corrected chi connectivity index (χ4v) is 1.99. The van der Waals surface area contributed by atoms with E-state index >= 15 is 0 Å². The standard InChI is InChI=1S/C13H9Cl2FN2S/c14-8-2-1-3-11(12(8)15)18-10-5-4-7(13(17)19)6-9(10)16/h1-6,18H,(H2,17,19). The Morgan fingerprint density at radius 2 is 1.89 bits per heavy atom. The summed E-state index contributed by atoms with van der Waals surface area (Å²) >= 11 is 16.7. The van der Waals surface area contributed by atoms with Crippen molar-refractivity contribution in [3.63, 3.8) is 0 Å². The Kier molecular flexibility index (Phi) is 4.24. The van der Waals surface area contributed by atoms with Crippen LogP contribution in [0.15, 0.2) is 36.4 Å². The molecule has 0 radical (unpaired) electrons. The van der Waals surface area contributed by atoms with Gasteiger partial charge in [0.15, 0.2) is 0 Å². The van der Waals surface area contributed by atoms with Crippen molar-refractivity contribution in [2.75, 3.05) is 5.32 Å². The zero-order valence-corrected chi connectivity index (χ0v) is 11.9. The molecule has 2 nitrogen and oxygen atoms in total. The fourth-order valence-electron chi connectivity index (χ4n) is 1.52. The highest BCUT2D eigenvalue weighted by molar-refractivity contribution is 7.80. The Hall–Kier alpha value is -1.36. The molecule has 0 atom stereocenters. The molecule has 0 bridgehead atoms. The van der Waals surface area contributed by atoms with E-state index in [1.54, 1.807) is 30.3 Å². The van der Waals surface area contributed by atoms with Gasteiger partial charge in [0.2, 0.25) is 0 Å². The summed E-state index contributed by atoms with van der Waals surface area (Å²) in [5, 5.41) is 3.60. The van der Waals surface area contributed by atoms with E-state index in [0.29, 0.717) is 21.3 Å². The van der Waals surface area contributed by atoms with E-state index in [-0.39, 0.29) is 10.7 Å². The number of benzene rings is 2. The van der Waals surface area contributed by atoms with E-state index in [2.05, 4.69) is 5.32 Å². The summed E-state index contributed by atoms with van der Waals surface area (Å²) in [5.41, 5.74) is 6.69. The maximum Gasteiger partial charge on any atom is 0.147 e. The van der Waals surface area contributed by atoms with Gasteiger partial charge >= 0.3 is 0 Å². The summed E-state index contributed by atoms with van der Waals surface area (Å²) in [7, 11) is 0. The van der Waals surface area contributed by atoms with Crippen LogP contribution >= 0.6 is 35.4 Å². The Balaban J connectivity index is 2.34. The minimum atomic E-state index is -0.471. The molecule has 19 heavy (non-hydrogen) atoms. The Bertz CT molecular complexity index is 647. The van der Waals surface area contributed by atoms with Gasteiger partial charge in [0, 0.05) is 5.56 Å². The van der Waals surface area contributed by atoms with Gasteiger partial charge in [-0.2, -0.15) is 0 Å². The van der Waals surface area contributed by atoms with Crippen molar-refractivity contribution in [3.05, 3.63) is 57.8 Å². The first kappa shape index (κ1) is 14.1. The van der Waals surface area contributed by atoms with Crippen molar-refractivity contribution in [2.24, 2.45) is 5.73 Å². The largest absolute Gasteiger partial charge is 0.389 e. The molecule has 2 rings (SSSR count). The van der Waals surface area contributed by atoms with Gasteiger partial charge < -0.3 is 11.1 Å². The van der Waals surface area contributed by atoms with Crippen molar-refractivity contribution in [3.8, 4) is 0 Å². The molecular formula is C13H9Cl2FN2S. The minimum absolute atomic E-state index is 0.145. The molecule has 0 aliphatic carbocycles. The lowest BCUT2D eigenvalue weighted by Crippen LogP contribution is -2.09.